The quantitative estimate of drug-likeness (QED) is 0.880. The van der Waals surface area contributed by atoms with Gasteiger partial charge in [0.2, 0.25) is 0 Å². The van der Waals surface area contributed by atoms with E-state index in [1.165, 1.54) is 10.6 Å². The van der Waals surface area contributed by atoms with E-state index in [-0.39, 0.29) is 0 Å². The van der Waals surface area contributed by atoms with Crippen molar-refractivity contribution in [3.63, 3.8) is 0 Å². The van der Waals surface area contributed by atoms with E-state index in [0.717, 1.165) is 36.1 Å². The average molecular weight is 284 g/mol. The van der Waals surface area contributed by atoms with E-state index in [0.29, 0.717) is 0 Å². The molecule has 1 N–H and O–H groups in total. The number of aromatic nitrogens is 2. The zero-order chi connectivity index (χ0) is 13.0. The van der Waals surface area contributed by atoms with Gasteiger partial charge in [-0.15, -0.1) is 11.3 Å². The summed E-state index contributed by atoms with van der Waals surface area (Å²) in [7, 11) is 0. The third-order valence-corrected chi connectivity index (χ3v) is 4.04. The minimum Gasteiger partial charge on any atom is -0.306 e. The molecular weight excluding hydrogens is 266 g/mol. The van der Waals surface area contributed by atoms with Crippen LogP contribution < -0.4 is 5.32 Å². The first-order chi connectivity index (χ1) is 8.72. The highest BCUT2D eigenvalue weighted by molar-refractivity contribution is 7.16. The summed E-state index contributed by atoms with van der Waals surface area (Å²) < 4.78 is 2.91. The topological polar surface area (TPSA) is 29.9 Å². The van der Waals surface area contributed by atoms with Crippen LogP contribution in [0.25, 0.3) is 0 Å². The molecule has 0 unspecified atom stereocenters. The SMILES string of the molecule is CCc1cc(CNCc2ccc(Cl)s2)n(CC)n1. The van der Waals surface area contributed by atoms with Crippen LogP contribution in [-0.2, 0) is 26.1 Å². The van der Waals surface area contributed by atoms with Gasteiger partial charge in [-0.2, -0.15) is 5.10 Å². The second-order valence-electron chi connectivity index (χ2n) is 4.11. The van der Waals surface area contributed by atoms with Crippen LogP contribution in [0.1, 0.15) is 30.1 Å². The second-order valence-corrected chi connectivity index (χ2v) is 5.91. The number of nitrogens with zero attached hydrogens (tertiary/aromatic N) is 2. The van der Waals surface area contributed by atoms with Crippen molar-refractivity contribution in [2.24, 2.45) is 0 Å². The fourth-order valence-corrected chi connectivity index (χ4v) is 2.92. The standard InChI is InChI=1S/C13H18ClN3S/c1-3-10-7-11(17(4-2)16-10)8-15-9-12-5-6-13(14)18-12/h5-7,15H,3-4,8-9H2,1-2H3. The van der Waals surface area contributed by atoms with Crippen LogP contribution in [0.3, 0.4) is 0 Å². The van der Waals surface area contributed by atoms with Crippen molar-refractivity contribution in [3.8, 4) is 0 Å². The molecule has 5 heteroatoms. The maximum Gasteiger partial charge on any atom is 0.0931 e. The highest BCUT2D eigenvalue weighted by atomic mass is 35.5. The van der Waals surface area contributed by atoms with Gasteiger partial charge in [0.15, 0.2) is 0 Å². The molecule has 0 saturated heterocycles. The number of hydrogen-bond acceptors (Lipinski definition) is 3. The highest BCUT2D eigenvalue weighted by Gasteiger charge is 2.05. The minimum atomic E-state index is 0.844. The lowest BCUT2D eigenvalue weighted by Gasteiger charge is -2.05. The van der Waals surface area contributed by atoms with Crippen molar-refractivity contribution in [1.29, 1.82) is 0 Å². The maximum atomic E-state index is 5.90. The lowest BCUT2D eigenvalue weighted by Crippen LogP contribution is -2.15. The van der Waals surface area contributed by atoms with Gasteiger partial charge >= 0.3 is 0 Å². The average Bonchev–Trinajstić information content (AvgIpc) is 2.95. The molecule has 0 amide bonds. The van der Waals surface area contributed by atoms with Gasteiger partial charge in [-0.3, -0.25) is 4.68 Å². The molecule has 0 aliphatic heterocycles. The Balaban J connectivity index is 1.91. The van der Waals surface area contributed by atoms with E-state index in [1.54, 1.807) is 11.3 Å². The minimum absolute atomic E-state index is 0.844. The van der Waals surface area contributed by atoms with Crippen molar-refractivity contribution in [2.45, 2.75) is 39.9 Å². The fraction of sp³-hybridized carbons (Fsp3) is 0.462. The molecule has 3 nitrogen and oxygen atoms in total. The number of halogens is 1. The molecule has 2 aromatic rings. The van der Waals surface area contributed by atoms with E-state index in [9.17, 15) is 0 Å². The van der Waals surface area contributed by atoms with Crippen molar-refractivity contribution in [1.82, 2.24) is 15.1 Å². The van der Waals surface area contributed by atoms with E-state index < -0.39 is 0 Å². The molecular formula is C13H18ClN3S. The molecule has 98 valence electrons. The van der Waals surface area contributed by atoms with Crippen LogP contribution >= 0.6 is 22.9 Å². The van der Waals surface area contributed by atoms with Gasteiger partial charge in [-0.05, 0) is 31.5 Å². The lowest BCUT2D eigenvalue weighted by molar-refractivity contribution is 0.579. The smallest absolute Gasteiger partial charge is 0.0931 e. The van der Waals surface area contributed by atoms with Gasteiger partial charge in [0, 0.05) is 24.5 Å². The number of hydrogen-bond donors (Lipinski definition) is 1. The van der Waals surface area contributed by atoms with Crippen LogP contribution in [0.2, 0.25) is 4.34 Å². The Morgan fingerprint density at radius 2 is 2.17 bits per heavy atom. The van der Waals surface area contributed by atoms with Crippen molar-refractivity contribution < 1.29 is 0 Å². The van der Waals surface area contributed by atoms with Gasteiger partial charge in [0.1, 0.15) is 0 Å². The summed E-state index contributed by atoms with van der Waals surface area (Å²) >= 11 is 7.53. The molecule has 0 spiro atoms. The van der Waals surface area contributed by atoms with Gasteiger partial charge in [-0.25, -0.2) is 0 Å². The predicted octanol–water partition coefficient (Wildman–Crippen LogP) is 3.47. The molecule has 18 heavy (non-hydrogen) atoms. The summed E-state index contributed by atoms with van der Waals surface area (Å²) in [6.45, 7) is 6.87. The Bertz CT molecular complexity index is 504. The normalized spacial score (nSPS) is 11.1. The first-order valence-corrected chi connectivity index (χ1v) is 7.43. The molecule has 0 bridgehead atoms. The summed E-state index contributed by atoms with van der Waals surface area (Å²) in [4.78, 5) is 1.26. The zero-order valence-electron chi connectivity index (χ0n) is 10.7. The molecule has 2 rings (SSSR count). The largest absolute Gasteiger partial charge is 0.306 e. The molecule has 0 aromatic carbocycles. The first-order valence-electron chi connectivity index (χ1n) is 6.23. The Morgan fingerprint density at radius 1 is 1.33 bits per heavy atom. The Morgan fingerprint density at radius 3 is 2.78 bits per heavy atom. The summed E-state index contributed by atoms with van der Waals surface area (Å²) in [6, 6.07) is 6.18. The number of thiophene rings is 1. The van der Waals surface area contributed by atoms with E-state index in [4.69, 9.17) is 11.6 Å². The Kier molecular flexibility index (Phi) is 4.80. The molecule has 0 aliphatic carbocycles. The fourth-order valence-electron chi connectivity index (χ4n) is 1.86. The monoisotopic (exact) mass is 283 g/mol. The molecule has 2 heterocycles. The van der Waals surface area contributed by atoms with Gasteiger partial charge < -0.3 is 5.32 Å². The van der Waals surface area contributed by atoms with Crippen molar-refractivity contribution >= 4 is 22.9 Å². The van der Waals surface area contributed by atoms with E-state index in [2.05, 4.69) is 41.1 Å². The Hall–Kier alpha value is -0.840. The van der Waals surface area contributed by atoms with Crippen molar-refractivity contribution in [3.05, 3.63) is 38.8 Å². The summed E-state index contributed by atoms with van der Waals surface area (Å²) in [6.07, 6.45) is 0.987. The third kappa shape index (κ3) is 3.34. The maximum absolute atomic E-state index is 5.90. The predicted molar refractivity (Wildman–Crippen MR) is 77.2 cm³/mol. The zero-order valence-corrected chi connectivity index (χ0v) is 12.3. The van der Waals surface area contributed by atoms with E-state index >= 15 is 0 Å². The number of rotatable bonds is 6. The van der Waals surface area contributed by atoms with Gasteiger partial charge in [-0.1, -0.05) is 18.5 Å². The highest BCUT2D eigenvalue weighted by Crippen LogP contribution is 2.21. The van der Waals surface area contributed by atoms with Gasteiger partial charge in [0.05, 0.1) is 15.7 Å². The van der Waals surface area contributed by atoms with Crippen LogP contribution in [-0.4, -0.2) is 9.78 Å². The molecule has 0 atom stereocenters. The lowest BCUT2D eigenvalue weighted by atomic mass is 10.3. The first kappa shape index (κ1) is 13.6. The van der Waals surface area contributed by atoms with E-state index in [1.807, 2.05) is 6.07 Å². The molecule has 0 radical (unpaired) electrons. The van der Waals surface area contributed by atoms with Crippen LogP contribution in [0, 0.1) is 0 Å². The number of aryl methyl sites for hydroxylation is 2. The van der Waals surface area contributed by atoms with Crippen LogP contribution in [0.5, 0.6) is 0 Å². The third-order valence-electron chi connectivity index (χ3n) is 2.81. The number of nitrogens with one attached hydrogen (secondary N) is 1. The summed E-state index contributed by atoms with van der Waals surface area (Å²) in [5.74, 6) is 0. The van der Waals surface area contributed by atoms with Crippen LogP contribution in [0.15, 0.2) is 18.2 Å². The molecule has 0 aliphatic rings. The second kappa shape index (κ2) is 6.36. The van der Waals surface area contributed by atoms with Crippen molar-refractivity contribution in [2.75, 3.05) is 0 Å². The summed E-state index contributed by atoms with van der Waals surface area (Å²) in [5.41, 5.74) is 2.41. The molecule has 0 saturated carbocycles. The molecule has 0 fully saturated rings. The van der Waals surface area contributed by atoms with Crippen LogP contribution in [0.4, 0.5) is 0 Å². The molecule has 2 aromatic heterocycles. The Labute approximate surface area is 117 Å². The van der Waals surface area contributed by atoms with Gasteiger partial charge in [0.25, 0.3) is 0 Å². The summed E-state index contributed by atoms with van der Waals surface area (Å²) in [5, 5.41) is 7.97.